The molecule has 0 bridgehead atoms. The van der Waals surface area contributed by atoms with Crippen molar-refractivity contribution in [2.75, 3.05) is 19.0 Å². The Labute approximate surface area is 106 Å². The molecule has 3 N–H and O–H groups in total. The van der Waals surface area contributed by atoms with E-state index in [4.69, 9.17) is 34.3 Å². The highest BCUT2D eigenvalue weighted by atomic mass is 35.5. The summed E-state index contributed by atoms with van der Waals surface area (Å²) in [5.74, 6) is 0. The lowest BCUT2D eigenvalue weighted by Gasteiger charge is -2.14. The van der Waals surface area contributed by atoms with Crippen molar-refractivity contribution in [1.29, 1.82) is 0 Å². The fourth-order valence-electron chi connectivity index (χ4n) is 1.21. The number of anilines is 1. The molecule has 0 saturated carbocycles. The van der Waals surface area contributed by atoms with Gasteiger partial charge < -0.3 is 15.8 Å². The summed E-state index contributed by atoms with van der Waals surface area (Å²) >= 11 is 10.8. The number of thiocarbonyl (C=S) groups is 1. The van der Waals surface area contributed by atoms with E-state index in [0.29, 0.717) is 16.6 Å². The van der Waals surface area contributed by atoms with Gasteiger partial charge in [0, 0.05) is 29.9 Å². The maximum atomic E-state index is 5.88. The van der Waals surface area contributed by atoms with Crippen molar-refractivity contribution in [3.8, 4) is 0 Å². The summed E-state index contributed by atoms with van der Waals surface area (Å²) in [6, 6.07) is 5.41. The van der Waals surface area contributed by atoms with Gasteiger partial charge in [-0.05, 0) is 25.1 Å². The lowest BCUT2D eigenvalue weighted by molar-refractivity contribution is 0.129. The standard InChI is InChI=1S/C11H15ClN2OS/c1-7(15-2)6-14-10-4-3-8(12)5-9(10)11(13)16/h3-5,7,14H,6H2,1-2H3,(H2,13,16). The van der Waals surface area contributed by atoms with Gasteiger partial charge in [-0.25, -0.2) is 0 Å². The highest BCUT2D eigenvalue weighted by molar-refractivity contribution is 7.80. The minimum atomic E-state index is 0.120. The topological polar surface area (TPSA) is 47.3 Å². The van der Waals surface area contributed by atoms with E-state index < -0.39 is 0 Å². The zero-order valence-corrected chi connectivity index (χ0v) is 10.9. The van der Waals surface area contributed by atoms with Crippen molar-refractivity contribution >= 4 is 34.5 Å². The third-order valence-electron chi connectivity index (χ3n) is 2.23. The van der Waals surface area contributed by atoms with E-state index in [1.165, 1.54) is 0 Å². The Hall–Kier alpha value is -0.840. The van der Waals surface area contributed by atoms with Gasteiger partial charge in [-0.15, -0.1) is 0 Å². The number of nitrogens with one attached hydrogen (secondary N) is 1. The van der Waals surface area contributed by atoms with Gasteiger partial charge >= 0.3 is 0 Å². The lowest BCUT2D eigenvalue weighted by atomic mass is 10.1. The zero-order valence-electron chi connectivity index (χ0n) is 9.29. The van der Waals surface area contributed by atoms with Crippen LogP contribution in [0.5, 0.6) is 0 Å². The molecular weight excluding hydrogens is 244 g/mol. The number of halogens is 1. The molecule has 0 aliphatic carbocycles. The molecular formula is C11H15ClN2OS. The van der Waals surface area contributed by atoms with Gasteiger partial charge in [0.1, 0.15) is 4.99 Å². The van der Waals surface area contributed by atoms with E-state index in [0.717, 1.165) is 11.3 Å². The third kappa shape index (κ3) is 3.63. The van der Waals surface area contributed by atoms with Crippen LogP contribution in [-0.4, -0.2) is 24.7 Å². The smallest absolute Gasteiger partial charge is 0.106 e. The molecule has 0 aliphatic heterocycles. The van der Waals surface area contributed by atoms with Crippen molar-refractivity contribution in [3.05, 3.63) is 28.8 Å². The van der Waals surface area contributed by atoms with Crippen molar-refractivity contribution < 1.29 is 4.74 Å². The molecule has 0 aromatic heterocycles. The first-order valence-electron chi connectivity index (χ1n) is 4.90. The van der Waals surface area contributed by atoms with Crippen LogP contribution in [0.2, 0.25) is 5.02 Å². The van der Waals surface area contributed by atoms with Gasteiger partial charge in [0.15, 0.2) is 0 Å². The number of nitrogens with two attached hydrogens (primary N) is 1. The molecule has 1 atom stereocenters. The molecule has 5 heteroatoms. The average Bonchev–Trinajstić information content (AvgIpc) is 2.26. The van der Waals surface area contributed by atoms with Crippen LogP contribution in [0.1, 0.15) is 12.5 Å². The van der Waals surface area contributed by atoms with E-state index in [9.17, 15) is 0 Å². The van der Waals surface area contributed by atoms with E-state index in [2.05, 4.69) is 5.32 Å². The maximum absolute atomic E-state index is 5.88. The largest absolute Gasteiger partial charge is 0.389 e. The first-order chi connectivity index (χ1) is 7.54. The molecule has 0 radical (unpaired) electrons. The summed E-state index contributed by atoms with van der Waals surface area (Å²) < 4.78 is 5.14. The van der Waals surface area contributed by atoms with Crippen LogP contribution in [0.15, 0.2) is 18.2 Å². The van der Waals surface area contributed by atoms with Gasteiger partial charge in [-0.1, -0.05) is 23.8 Å². The molecule has 0 heterocycles. The second kappa shape index (κ2) is 6.03. The second-order valence-corrected chi connectivity index (χ2v) is 4.36. The summed E-state index contributed by atoms with van der Waals surface area (Å²) in [6.07, 6.45) is 0.120. The third-order valence-corrected chi connectivity index (χ3v) is 2.68. The first-order valence-corrected chi connectivity index (χ1v) is 5.69. The van der Waals surface area contributed by atoms with Crippen molar-refractivity contribution in [2.45, 2.75) is 13.0 Å². The molecule has 0 spiro atoms. The lowest BCUT2D eigenvalue weighted by Crippen LogP contribution is -2.20. The Morgan fingerprint density at radius 3 is 2.88 bits per heavy atom. The monoisotopic (exact) mass is 258 g/mol. The number of hydrogen-bond acceptors (Lipinski definition) is 3. The van der Waals surface area contributed by atoms with Crippen molar-refractivity contribution in [3.63, 3.8) is 0 Å². The maximum Gasteiger partial charge on any atom is 0.106 e. The highest BCUT2D eigenvalue weighted by Gasteiger charge is 2.07. The van der Waals surface area contributed by atoms with Crippen LogP contribution >= 0.6 is 23.8 Å². The molecule has 0 fully saturated rings. The predicted octanol–water partition coefficient (Wildman–Crippen LogP) is 2.42. The molecule has 0 aliphatic rings. The normalized spacial score (nSPS) is 12.2. The van der Waals surface area contributed by atoms with Gasteiger partial charge in [0.25, 0.3) is 0 Å². The average molecular weight is 259 g/mol. The molecule has 1 rings (SSSR count). The summed E-state index contributed by atoms with van der Waals surface area (Å²) in [5.41, 5.74) is 7.25. The van der Waals surface area contributed by atoms with Crippen LogP contribution in [0.4, 0.5) is 5.69 Å². The SMILES string of the molecule is COC(C)CNc1ccc(Cl)cc1C(N)=S. The Morgan fingerprint density at radius 2 is 2.31 bits per heavy atom. The number of rotatable bonds is 5. The fourth-order valence-corrected chi connectivity index (χ4v) is 1.55. The quantitative estimate of drug-likeness (QED) is 0.797. The predicted molar refractivity (Wildman–Crippen MR) is 72.3 cm³/mol. The Balaban J connectivity index is 2.82. The van der Waals surface area contributed by atoms with Crippen LogP contribution in [-0.2, 0) is 4.74 Å². The van der Waals surface area contributed by atoms with Gasteiger partial charge in [-0.2, -0.15) is 0 Å². The molecule has 3 nitrogen and oxygen atoms in total. The van der Waals surface area contributed by atoms with Crippen LogP contribution in [0, 0.1) is 0 Å². The Kier molecular flexibility index (Phi) is 4.99. The summed E-state index contributed by atoms with van der Waals surface area (Å²) in [7, 11) is 1.67. The Morgan fingerprint density at radius 1 is 1.62 bits per heavy atom. The number of methoxy groups -OCH3 is 1. The van der Waals surface area contributed by atoms with E-state index >= 15 is 0 Å². The van der Waals surface area contributed by atoms with E-state index in [1.807, 2.05) is 13.0 Å². The van der Waals surface area contributed by atoms with Crippen LogP contribution < -0.4 is 11.1 Å². The van der Waals surface area contributed by atoms with E-state index in [-0.39, 0.29) is 6.10 Å². The van der Waals surface area contributed by atoms with Gasteiger partial charge in [0.2, 0.25) is 0 Å². The molecule has 88 valence electrons. The minimum absolute atomic E-state index is 0.120. The molecule has 1 aromatic carbocycles. The Bertz CT molecular complexity index is 384. The molecule has 1 aromatic rings. The number of ether oxygens (including phenoxy) is 1. The minimum Gasteiger partial charge on any atom is -0.389 e. The fraction of sp³-hybridized carbons (Fsp3) is 0.364. The molecule has 16 heavy (non-hydrogen) atoms. The molecule has 1 unspecified atom stereocenters. The van der Waals surface area contributed by atoms with Gasteiger partial charge in [0.05, 0.1) is 6.10 Å². The summed E-state index contributed by atoms with van der Waals surface area (Å²) in [4.78, 5) is 0.329. The number of benzene rings is 1. The molecule has 0 saturated heterocycles. The second-order valence-electron chi connectivity index (χ2n) is 3.48. The summed E-state index contributed by atoms with van der Waals surface area (Å²) in [5, 5.41) is 3.84. The van der Waals surface area contributed by atoms with Crippen LogP contribution in [0.3, 0.4) is 0 Å². The molecule has 0 amide bonds. The van der Waals surface area contributed by atoms with E-state index in [1.54, 1.807) is 19.2 Å². The van der Waals surface area contributed by atoms with Crippen molar-refractivity contribution in [1.82, 2.24) is 0 Å². The number of hydrogen-bond donors (Lipinski definition) is 2. The summed E-state index contributed by atoms with van der Waals surface area (Å²) in [6.45, 7) is 2.66. The van der Waals surface area contributed by atoms with Gasteiger partial charge in [-0.3, -0.25) is 0 Å². The first kappa shape index (κ1) is 13.2. The highest BCUT2D eigenvalue weighted by Crippen LogP contribution is 2.20. The zero-order chi connectivity index (χ0) is 12.1. The van der Waals surface area contributed by atoms with Crippen molar-refractivity contribution in [2.24, 2.45) is 5.73 Å². The van der Waals surface area contributed by atoms with Crippen LogP contribution in [0.25, 0.3) is 0 Å².